The molecule has 0 unspecified atom stereocenters. The third kappa shape index (κ3) is 3.94. The highest BCUT2D eigenvalue weighted by molar-refractivity contribution is 5.79. The van der Waals surface area contributed by atoms with Crippen LogP contribution in [0.4, 0.5) is 0 Å². The number of methoxy groups -OCH3 is 1. The van der Waals surface area contributed by atoms with Crippen molar-refractivity contribution in [3.05, 3.63) is 29.8 Å². The van der Waals surface area contributed by atoms with E-state index in [1.54, 1.807) is 7.11 Å². The lowest BCUT2D eigenvalue weighted by molar-refractivity contribution is -0.155. The molecule has 162 valence electrons. The van der Waals surface area contributed by atoms with Crippen LogP contribution in [-0.4, -0.2) is 66.5 Å². The molecule has 2 bridgehead atoms. The highest BCUT2D eigenvalue weighted by Crippen LogP contribution is 2.42. The molecule has 1 aromatic rings. The zero-order valence-electron chi connectivity index (χ0n) is 17.9. The van der Waals surface area contributed by atoms with E-state index in [0.29, 0.717) is 36.8 Å². The number of nitrogens with zero attached hydrogens (tertiary/aromatic N) is 2. The number of carbonyl (C=O) groups excluding carboxylic acids is 2. The van der Waals surface area contributed by atoms with Crippen molar-refractivity contribution in [2.45, 2.75) is 63.1 Å². The number of hydrogen-bond donors (Lipinski definition) is 1. The van der Waals surface area contributed by atoms with Crippen molar-refractivity contribution in [3.63, 3.8) is 0 Å². The van der Waals surface area contributed by atoms with Gasteiger partial charge in [0.25, 0.3) is 0 Å². The zero-order chi connectivity index (χ0) is 20.7. The molecular weight excluding hydrogens is 378 g/mol. The maximum Gasteiger partial charge on any atom is 0.236 e. The van der Waals surface area contributed by atoms with E-state index >= 15 is 0 Å². The molecule has 4 aliphatic rings. The summed E-state index contributed by atoms with van der Waals surface area (Å²) in [6.07, 6.45) is 7.06. The number of piperidine rings is 3. The molecule has 1 aromatic carbocycles. The molecule has 3 aliphatic heterocycles. The van der Waals surface area contributed by atoms with Gasteiger partial charge < -0.3 is 19.9 Å². The van der Waals surface area contributed by atoms with E-state index in [1.807, 2.05) is 12.1 Å². The summed E-state index contributed by atoms with van der Waals surface area (Å²) in [6.45, 7) is 2.03. The monoisotopic (exact) mass is 411 g/mol. The van der Waals surface area contributed by atoms with Crippen molar-refractivity contribution >= 4 is 11.8 Å². The molecule has 4 fully saturated rings. The number of benzene rings is 1. The van der Waals surface area contributed by atoms with Crippen molar-refractivity contribution in [1.82, 2.24) is 15.1 Å². The molecule has 3 heterocycles. The van der Waals surface area contributed by atoms with Gasteiger partial charge in [-0.2, -0.15) is 0 Å². The number of ether oxygens (including phenoxy) is 1. The standard InChI is InChI=1S/C24H33N3O3/c1-30-20-5-2-4-16(10-20)11-22-18-12-17(21-6-3-7-23(28)27(21)22)14-26(15-18)24(29)13-25-19-8-9-19/h2,4-5,10,17-19,21-22,25H,3,6-9,11-15H2,1H3/t17-,18+,21+,22+/m1/s1. The van der Waals surface area contributed by atoms with Crippen LogP contribution in [0.2, 0.25) is 0 Å². The number of fused-ring (bicyclic) bond motifs is 4. The van der Waals surface area contributed by atoms with Crippen molar-refractivity contribution in [2.75, 3.05) is 26.7 Å². The number of rotatable bonds is 6. The van der Waals surface area contributed by atoms with E-state index in [2.05, 4.69) is 27.2 Å². The molecule has 0 radical (unpaired) electrons. The van der Waals surface area contributed by atoms with Crippen LogP contribution in [0.3, 0.4) is 0 Å². The van der Waals surface area contributed by atoms with Crippen molar-refractivity contribution in [3.8, 4) is 5.75 Å². The van der Waals surface area contributed by atoms with Crippen LogP contribution in [0, 0.1) is 11.8 Å². The summed E-state index contributed by atoms with van der Waals surface area (Å²) in [7, 11) is 1.69. The largest absolute Gasteiger partial charge is 0.497 e. The second kappa shape index (κ2) is 8.22. The number of carbonyl (C=O) groups is 2. The summed E-state index contributed by atoms with van der Waals surface area (Å²) in [5.41, 5.74) is 1.20. The van der Waals surface area contributed by atoms with Crippen LogP contribution < -0.4 is 10.1 Å². The van der Waals surface area contributed by atoms with Gasteiger partial charge in [-0.3, -0.25) is 9.59 Å². The van der Waals surface area contributed by atoms with Gasteiger partial charge in [-0.1, -0.05) is 12.1 Å². The van der Waals surface area contributed by atoms with Gasteiger partial charge in [0, 0.05) is 37.6 Å². The first kappa shape index (κ1) is 19.9. The normalized spacial score (nSPS) is 30.8. The summed E-state index contributed by atoms with van der Waals surface area (Å²) in [5, 5.41) is 3.38. The van der Waals surface area contributed by atoms with Crippen molar-refractivity contribution in [2.24, 2.45) is 11.8 Å². The van der Waals surface area contributed by atoms with E-state index in [0.717, 1.165) is 44.5 Å². The Labute approximate surface area is 178 Å². The van der Waals surface area contributed by atoms with Crippen LogP contribution in [-0.2, 0) is 16.0 Å². The number of nitrogens with one attached hydrogen (secondary N) is 1. The van der Waals surface area contributed by atoms with E-state index in [4.69, 9.17) is 4.74 Å². The first-order valence-electron chi connectivity index (χ1n) is 11.6. The summed E-state index contributed by atoms with van der Waals surface area (Å²) in [4.78, 5) is 30.2. The molecule has 1 saturated carbocycles. The molecule has 2 amide bonds. The van der Waals surface area contributed by atoms with Crippen molar-refractivity contribution in [1.29, 1.82) is 0 Å². The first-order chi connectivity index (χ1) is 14.6. The molecular formula is C24H33N3O3. The van der Waals surface area contributed by atoms with Gasteiger partial charge in [0.2, 0.25) is 11.8 Å². The van der Waals surface area contributed by atoms with E-state index in [-0.39, 0.29) is 18.0 Å². The molecule has 0 spiro atoms. The average molecular weight is 412 g/mol. The topological polar surface area (TPSA) is 61.9 Å². The fourth-order valence-electron chi connectivity index (χ4n) is 5.91. The van der Waals surface area contributed by atoms with Crippen LogP contribution in [0.1, 0.15) is 44.1 Å². The van der Waals surface area contributed by atoms with E-state index < -0.39 is 0 Å². The highest BCUT2D eigenvalue weighted by atomic mass is 16.5. The second-order valence-electron chi connectivity index (χ2n) is 9.59. The molecule has 6 heteroatoms. The summed E-state index contributed by atoms with van der Waals surface area (Å²) >= 11 is 0. The minimum atomic E-state index is 0.165. The third-order valence-electron chi connectivity index (χ3n) is 7.55. The Kier molecular flexibility index (Phi) is 5.44. The van der Waals surface area contributed by atoms with Gasteiger partial charge in [-0.05, 0) is 68.1 Å². The SMILES string of the molecule is COc1cccc(C[C@H]2[C@H]3C[C@H](CN(C(=O)CNC4CC4)C3)[C@@H]3CCCC(=O)N32)c1. The summed E-state index contributed by atoms with van der Waals surface area (Å²) in [5.74, 6) is 2.16. The van der Waals surface area contributed by atoms with E-state index in [9.17, 15) is 9.59 Å². The van der Waals surface area contributed by atoms with Gasteiger partial charge in [0.1, 0.15) is 5.75 Å². The minimum absolute atomic E-state index is 0.165. The fraction of sp³-hybridized carbons (Fsp3) is 0.667. The third-order valence-corrected chi connectivity index (χ3v) is 7.55. The molecule has 6 nitrogen and oxygen atoms in total. The van der Waals surface area contributed by atoms with Gasteiger partial charge in [-0.25, -0.2) is 0 Å². The summed E-state index contributed by atoms with van der Waals surface area (Å²) in [6, 6.07) is 9.19. The molecule has 0 aromatic heterocycles. The average Bonchev–Trinajstić information content (AvgIpc) is 3.59. The predicted octanol–water partition coefficient (Wildman–Crippen LogP) is 2.22. The minimum Gasteiger partial charge on any atom is -0.497 e. The zero-order valence-corrected chi connectivity index (χ0v) is 17.9. The first-order valence-corrected chi connectivity index (χ1v) is 11.6. The Hall–Kier alpha value is -2.08. The van der Waals surface area contributed by atoms with E-state index in [1.165, 1.54) is 18.4 Å². The quantitative estimate of drug-likeness (QED) is 0.780. The Morgan fingerprint density at radius 3 is 2.83 bits per heavy atom. The number of hydrogen-bond acceptors (Lipinski definition) is 4. The Bertz CT molecular complexity index is 809. The van der Waals surface area contributed by atoms with Crippen molar-refractivity contribution < 1.29 is 14.3 Å². The number of amides is 2. The van der Waals surface area contributed by atoms with Gasteiger partial charge in [-0.15, -0.1) is 0 Å². The second-order valence-corrected chi connectivity index (χ2v) is 9.59. The Morgan fingerprint density at radius 1 is 1.20 bits per heavy atom. The van der Waals surface area contributed by atoms with Crippen LogP contribution in [0.25, 0.3) is 0 Å². The molecule has 30 heavy (non-hydrogen) atoms. The lowest BCUT2D eigenvalue weighted by Gasteiger charge is -2.56. The molecule has 1 aliphatic carbocycles. The summed E-state index contributed by atoms with van der Waals surface area (Å²) < 4.78 is 5.41. The van der Waals surface area contributed by atoms with Crippen LogP contribution >= 0.6 is 0 Å². The molecule has 1 N–H and O–H groups in total. The molecule has 4 atom stereocenters. The Morgan fingerprint density at radius 2 is 2.03 bits per heavy atom. The van der Waals surface area contributed by atoms with Gasteiger partial charge in [0.15, 0.2) is 0 Å². The maximum absolute atomic E-state index is 13.0. The maximum atomic E-state index is 13.0. The van der Waals surface area contributed by atoms with Crippen LogP contribution in [0.15, 0.2) is 24.3 Å². The Balaban J connectivity index is 1.37. The highest BCUT2D eigenvalue weighted by Gasteiger charge is 2.49. The van der Waals surface area contributed by atoms with Gasteiger partial charge in [0.05, 0.1) is 13.7 Å². The number of likely N-dealkylation sites (tertiary alicyclic amines) is 1. The fourth-order valence-corrected chi connectivity index (χ4v) is 5.91. The van der Waals surface area contributed by atoms with Crippen LogP contribution in [0.5, 0.6) is 5.75 Å². The van der Waals surface area contributed by atoms with Gasteiger partial charge >= 0.3 is 0 Å². The molecule has 3 saturated heterocycles. The lowest BCUT2D eigenvalue weighted by atomic mass is 9.70. The molecule has 5 rings (SSSR count). The lowest BCUT2D eigenvalue weighted by Crippen LogP contribution is -2.66. The predicted molar refractivity (Wildman–Crippen MR) is 114 cm³/mol. The smallest absolute Gasteiger partial charge is 0.236 e.